The number of hydrogen-bond donors (Lipinski definition) is 2. The molecule has 0 bridgehead atoms. The minimum atomic E-state index is -0.0974. The predicted octanol–water partition coefficient (Wildman–Crippen LogP) is 3.23. The van der Waals surface area contributed by atoms with Gasteiger partial charge in [0.15, 0.2) is 0 Å². The Bertz CT molecular complexity index is 874. The van der Waals surface area contributed by atoms with Gasteiger partial charge >= 0.3 is 0 Å². The lowest BCUT2D eigenvalue weighted by Crippen LogP contribution is -2.45. The molecule has 1 aliphatic carbocycles. The summed E-state index contributed by atoms with van der Waals surface area (Å²) < 4.78 is 0. The maximum atomic E-state index is 13.0. The van der Waals surface area contributed by atoms with Gasteiger partial charge in [0.1, 0.15) is 5.75 Å². The lowest BCUT2D eigenvalue weighted by Gasteiger charge is -2.32. The van der Waals surface area contributed by atoms with Gasteiger partial charge in [-0.3, -0.25) is 14.5 Å². The lowest BCUT2D eigenvalue weighted by atomic mass is 9.95. The summed E-state index contributed by atoms with van der Waals surface area (Å²) in [5.41, 5.74) is 1.61. The second-order valence-corrected chi connectivity index (χ2v) is 8.30. The van der Waals surface area contributed by atoms with Crippen molar-refractivity contribution < 1.29 is 14.7 Å². The maximum Gasteiger partial charge on any atom is 0.237 e. The van der Waals surface area contributed by atoms with Gasteiger partial charge in [-0.05, 0) is 56.5 Å². The molecule has 0 aromatic heterocycles. The van der Waals surface area contributed by atoms with Crippen molar-refractivity contribution in [3.8, 4) is 5.75 Å². The number of anilines is 1. The Morgan fingerprint density at radius 2 is 1.63 bits per heavy atom. The molecule has 4 rings (SSSR count). The van der Waals surface area contributed by atoms with Crippen LogP contribution in [0.1, 0.15) is 31.2 Å². The molecule has 0 radical (unpaired) electrons. The molecule has 0 spiro atoms. The summed E-state index contributed by atoms with van der Waals surface area (Å²) in [5.74, 6) is 0.0944. The van der Waals surface area contributed by atoms with E-state index in [1.807, 2.05) is 23.1 Å². The largest absolute Gasteiger partial charge is 0.506 e. The highest BCUT2D eigenvalue weighted by atomic mass is 16.3. The zero-order valence-electron chi connectivity index (χ0n) is 17.2. The van der Waals surface area contributed by atoms with Crippen molar-refractivity contribution in [3.63, 3.8) is 0 Å². The first-order valence-electron chi connectivity index (χ1n) is 10.7. The smallest absolute Gasteiger partial charge is 0.237 e. The molecule has 2 amide bonds. The van der Waals surface area contributed by atoms with E-state index in [2.05, 4.69) is 22.3 Å². The molecular formula is C24H29N3O3. The van der Waals surface area contributed by atoms with Gasteiger partial charge in [0.05, 0.1) is 12.2 Å². The van der Waals surface area contributed by atoms with Crippen LogP contribution in [0.3, 0.4) is 0 Å². The Balaban J connectivity index is 1.27. The van der Waals surface area contributed by atoms with E-state index >= 15 is 0 Å². The van der Waals surface area contributed by atoms with Gasteiger partial charge in [0.2, 0.25) is 11.8 Å². The topological polar surface area (TPSA) is 72.9 Å². The van der Waals surface area contributed by atoms with E-state index in [4.69, 9.17) is 0 Å². The third-order valence-corrected chi connectivity index (χ3v) is 5.98. The van der Waals surface area contributed by atoms with Gasteiger partial charge in [0, 0.05) is 18.5 Å². The van der Waals surface area contributed by atoms with Crippen LogP contribution in [0, 0.1) is 5.92 Å². The highest BCUT2D eigenvalue weighted by molar-refractivity contribution is 5.94. The second-order valence-electron chi connectivity index (χ2n) is 8.30. The number of benzene rings is 2. The number of hydrogen-bond acceptors (Lipinski definition) is 4. The molecule has 2 N–H and O–H groups in total. The Labute approximate surface area is 177 Å². The van der Waals surface area contributed by atoms with Crippen molar-refractivity contribution in [2.24, 2.45) is 5.92 Å². The van der Waals surface area contributed by atoms with E-state index in [9.17, 15) is 14.7 Å². The molecule has 1 aliphatic heterocycles. The number of phenolic OH excluding ortho intramolecular Hbond substituents is 1. The fraction of sp³-hybridized carbons (Fsp3) is 0.417. The maximum absolute atomic E-state index is 13.0. The average molecular weight is 408 g/mol. The Kier molecular flexibility index (Phi) is 6.33. The van der Waals surface area contributed by atoms with E-state index in [0.717, 1.165) is 44.3 Å². The van der Waals surface area contributed by atoms with Crippen LogP contribution in [0.15, 0.2) is 54.6 Å². The lowest BCUT2D eigenvalue weighted by molar-refractivity contribution is -0.134. The summed E-state index contributed by atoms with van der Waals surface area (Å²) in [6.45, 7) is 2.55. The zero-order chi connectivity index (χ0) is 20.9. The molecule has 30 heavy (non-hydrogen) atoms. The van der Waals surface area contributed by atoms with Crippen molar-refractivity contribution >= 4 is 17.5 Å². The van der Waals surface area contributed by atoms with Crippen molar-refractivity contribution in [3.05, 3.63) is 60.2 Å². The molecule has 1 saturated heterocycles. The summed E-state index contributed by atoms with van der Waals surface area (Å²) in [7, 11) is 0. The van der Waals surface area contributed by atoms with Gasteiger partial charge in [-0.1, -0.05) is 42.5 Å². The molecule has 6 nitrogen and oxygen atoms in total. The van der Waals surface area contributed by atoms with Gasteiger partial charge < -0.3 is 15.3 Å². The number of likely N-dealkylation sites (tertiary alicyclic amines) is 1. The number of carbonyl (C=O) groups excluding carboxylic acids is 2. The average Bonchev–Trinajstić information content (AvgIpc) is 3.60. The number of amides is 2. The molecule has 6 heteroatoms. The first kappa shape index (κ1) is 20.4. The Morgan fingerprint density at radius 1 is 0.967 bits per heavy atom. The minimum absolute atomic E-state index is 0.0637. The van der Waals surface area contributed by atoms with Gasteiger partial charge in [-0.25, -0.2) is 0 Å². The number of piperidine rings is 1. The number of aromatic hydroxyl groups is 1. The van der Waals surface area contributed by atoms with Gasteiger partial charge in [-0.2, -0.15) is 0 Å². The highest BCUT2D eigenvalue weighted by Gasteiger charge is 2.34. The number of phenols is 1. The molecule has 2 aromatic carbocycles. The normalized spacial score (nSPS) is 17.5. The van der Waals surface area contributed by atoms with Crippen molar-refractivity contribution in [2.75, 3.05) is 25.0 Å². The first-order valence-corrected chi connectivity index (χ1v) is 10.7. The van der Waals surface area contributed by atoms with Crippen LogP contribution < -0.4 is 5.32 Å². The highest BCUT2D eigenvalue weighted by Crippen LogP contribution is 2.29. The minimum Gasteiger partial charge on any atom is -0.506 e. The Hall–Kier alpha value is -2.86. The summed E-state index contributed by atoms with van der Waals surface area (Å²) in [5, 5.41) is 12.7. The van der Waals surface area contributed by atoms with Crippen molar-refractivity contribution in [2.45, 2.75) is 38.3 Å². The fourth-order valence-corrected chi connectivity index (χ4v) is 4.04. The number of nitrogens with zero attached hydrogens (tertiary/aromatic N) is 2. The number of nitrogens with one attached hydrogen (secondary N) is 1. The van der Waals surface area contributed by atoms with Gasteiger partial charge in [-0.15, -0.1) is 0 Å². The van der Waals surface area contributed by atoms with Crippen LogP contribution >= 0.6 is 0 Å². The quantitative estimate of drug-likeness (QED) is 0.691. The predicted molar refractivity (Wildman–Crippen MR) is 116 cm³/mol. The standard InChI is InChI=1S/C24H29N3O3/c28-22-9-5-4-8-21(22)25-24(30)19-12-14-26(15-13-19)17-23(29)27(20-10-11-20)16-18-6-2-1-3-7-18/h1-9,19-20,28H,10-17H2,(H,25,30). The van der Waals surface area contributed by atoms with E-state index < -0.39 is 0 Å². The van der Waals surface area contributed by atoms with Crippen LogP contribution in [0.4, 0.5) is 5.69 Å². The van der Waals surface area contributed by atoms with Crippen LogP contribution in [0.25, 0.3) is 0 Å². The van der Waals surface area contributed by atoms with E-state index in [1.54, 1.807) is 24.3 Å². The molecule has 0 atom stereocenters. The molecule has 0 unspecified atom stereocenters. The van der Waals surface area contributed by atoms with Gasteiger partial charge in [0.25, 0.3) is 0 Å². The zero-order valence-corrected chi connectivity index (χ0v) is 17.2. The third kappa shape index (κ3) is 5.19. The SMILES string of the molecule is O=C(Nc1ccccc1O)C1CCN(CC(=O)N(Cc2ccccc2)C2CC2)CC1. The number of rotatable bonds is 7. The summed E-state index contributed by atoms with van der Waals surface area (Å²) in [6.07, 6.45) is 3.62. The fourth-order valence-electron chi connectivity index (χ4n) is 4.04. The number of para-hydroxylation sites is 2. The van der Waals surface area contributed by atoms with E-state index in [0.29, 0.717) is 24.8 Å². The van der Waals surface area contributed by atoms with E-state index in [-0.39, 0.29) is 23.5 Å². The monoisotopic (exact) mass is 407 g/mol. The molecule has 2 aromatic rings. The molecule has 1 heterocycles. The summed E-state index contributed by atoms with van der Waals surface area (Å²) >= 11 is 0. The molecule has 1 saturated carbocycles. The molecule has 158 valence electrons. The van der Waals surface area contributed by atoms with Crippen molar-refractivity contribution in [1.82, 2.24) is 9.80 Å². The number of carbonyl (C=O) groups is 2. The second kappa shape index (κ2) is 9.30. The molecular weight excluding hydrogens is 378 g/mol. The summed E-state index contributed by atoms with van der Waals surface area (Å²) in [4.78, 5) is 29.7. The van der Waals surface area contributed by atoms with Crippen LogP contribution in [-0.4, -0.2) is 52.4 Å². The molecule has 2 aliphatic rings. The summed E-state index contributed by atoms with van der Waals surface area (Å²) in [6, 6.07) is 17.3. The first-order chi connectivity index (χ1) is 14.6. The Morgan fingerprint density at radius 3 is 2.30 bits per heavy atom. The van der Waals surface area contributed by atoms with Crippen LogP contribution in [-0.2, 0) is 16.1 Å². The van der Waals surface area contributed by atoms with Crippen molar-refractivity contribution in [1.29, 1.82) is 0 Å². The molecule has 2 fully saturated rings. The third-order valence-electron chi connectivity index (χ3n) is 5.98. The van der Waals surface area contributed by atoms with E-state index in [1.165, 1.54) is 0 Å². The van der Waals surface area contributed by atoms with Crippen LogP contribution in [0.5, 0.6) is 5.75 Å². The van der Waals surface area contributed by atoms with Crippen LogP contribution in [0.2, 0.25) is 0 Å².